The Balaban J connectivity index is 1.04. The van der Waals surface area contributed by atoms with Gasteiger partial charge >= 0.3 is 0 Å². The molecule has 0 spiro atoms. The second-order valence-electron chi connectivity index (χ2n) is 15.2. The molecule has 0 N–H and O–H groups in total. The van der Waals surface area contributed by atoms with Crippen molar-refractivity contribution in [2.24, 2.45) is 0 Å². The van der Waals surface area contributed by atoms with E-state index in [9.17, 15) is 0 Å². The molecule has 0 radical (unpaired) electrons. The molecule has 5 heteroatoms. The van der Waals surface area contributed by atoms with Crippen molar-refractivity contribution in [1.82, 2.24) is 15.0 Å². The lowest BCUT2D eigenvalue weighted by atomic mass is 9.94. The zero-order valence-corrected chi connectivity index (χ0v) is 33.8. The van der Waals surface area contributed by atoms with Gasteiger partial charge in [0.2, 0.25) is 0 Å². The third-order valence-electron chi connectivity index (χ3n) is 11.5. The molecule has 4 heterocycles. The van der Waals surface area contributed by atoms with Crippen LogP contribution in [0.3, 0.4) is 0 Å². The van der Waals surface area contributed by atoms with Gasteiger partial charge in [0.25, 0.3) is 0 Å². The van der Waals surface area contributed by atoms with Crippen LogP contribution in [0.1, 0.15) is 0 Å². The van der Waals surface area contributed by atoms with Gasteiger partial charge in [0.1, 0.15) is 0 Å². The summed E-state index contributed by atoms with van der Waals surface area (Å²) in [5, 5.41) is 6.27. The number of pyridine rings is 1. The Hall–Kier alpha value is -7.31. The zero-order chi connectivity index (χ0) is 39.6. The van der Waals surface area contributed by atoms with Gasteiger partial charge < -0.3 is 0 Å². The first kappa shape index (κ1) is 34.7. The van der Waals surface area contributed by atoms with Crippen LogP contribution in [-0.4, -0.2) is 15.0 Å². The molecule has 4 aromatic heterocycles. The molecule has 0 aliphatic rings. The summed E-state index contributed by atoms with van der Waals surface area (Å²) in [5.41, 5.74) is 12.6. The summed E-state index contributed by atoms with van der Waals surface area (Å²) in [6.07, 6.45) is 1.89. The van der Waals surface area contributed by atoms with Gasteiger partial charge in [-0.2, -0.15) is 0 Å². The van der Waals surface area contributed by atoms with E-state index in [4.69, 9.17) is 9.97 Å². The second kappa shape index (κ2) is 14.2. The lowest BCUT2D eigenvalue weighted by molar-refractivity contribution is 1.18. The third-order valence-corrected chi connectivity index (χ3v) is 13.9. The molecule has 0 aliphatic heterocycles. The summed E-state index contributed by atoms with van der Waals surface area (Å²) in [6.45, 7) is 0. The molecule has 0 fully saturated rings. The van der Waals surface area contributed by atoms with Crippen molar-refractivity contribution in [1.29, 1.82) is 0 Å². The van der Waals surface area contributed by atoms with Crippen LogP contribution in [0.25, 0.3) is 119 Å². The van der Waals surface area contributed by atoms with Crippen molar-refractivity contribution in [3.63, 3.8) is 0 Å². The molecule has 0 aliphatic carbocycles. The molecule has 0 saturated heterocycles. The molecule has 12 rings (SSSR count). The second-order valence-corrected chi connectivity index (χ2v) is 17.4. The summed E-state index contributed by atoms with van der Waals surface area (Å²) < 4.78 is 5.18. The SMILES string of the molecule is c1ccc(-c2cc(-c3ccc(-c4ccnc5ccccc45)cc3)nc(-c3cc(-c4ccc5sc6ccccc6c5c4)cc(-c4ccc5sc6ccccc6c5c4)c3)n2)cc1. The Morgan fingerprint density at radius 2 is 0.783 bits per heavy atom. The molecule has 0 unspecified atom stereocenters. The number of fused-ring (bicyclic) bond motifs is 7. The summed E-state index contributed by atoms with van der Waals surface area (Å²) in [4.78, 5) is 15.3. The molecule has 280 valence electrons. The zero-order valence-electron chi connectivity index (χ0n) is 32.2. The maximum absolute atomic E-state index is 5.37. The predicted octanol–water partition coefficient (Wildman–Crippen LogP) is 15.8. The van der Waals surface area contributed by atoms with E-state index >= 15 is 0 Å². The van der Waals surface area contributed by atoms with Gasteiger partial charge in [-0.25, -0.2) is 9.97 Å². The van der Waals surface area contributed by atoms with Crippen molar-refractivity contribution in [3.8, 4) is 67.3 Å². The predicted molar refractivity (Wildman–Crippen MR) is 256 cm³/mol. The topological polar surface area (TPSA) is 38.7 Å². The van der Waals surface area contributed by atoms with E-state index in [0.717, 1.165) is 72.4 Å². The minimum atomic E-state index is 0.683. The minimum absolute atomic E-state index is 0.683. The summed E-state index contributed by atoms with van der Waals surface area (Å²) in [5.74, 6) is 0.683. The summed E-state index contributed by atoms with van der Waals surface area (Å²) in [6, 6.07) is 69.7. The number of hydrogen-bond donors (Lipinski definition) is 0. The monoisotopic (exact) mass is 799 g/mol. The van der Waals surface area contributed by atoms with Gasteiger partial charge in [-0.3, -0.25) is 4.98 Å². The number of thiophene rings is 2. The van der Waals surface area contributed by atoms with Crippen LogP contribution in [0.2, 0.25) is 0 Å². The fraction of sp³-hybridized carbons (Fsp3) is 0. The number of aromatic nitrogens is 3. The van der Waals surface area contributed by atoms with Gasteiger partial charge in [-0.15, -0.1) is 22.7 Å². The van der Waals surface area contributed by atoms with Crippen LogP contribution in [0.15, 0.2) is 200 Å². The molecular formula is C55H33N3S2. The van der Waals surface area contributed by atoms with E-state index in [2.05, 4.69) is 187 Å². The highest BCUT2D eigenvalue weighted by molar-refractivity contribution is 7.26. The largest absolute Gasteiger partial charge is 0.256 e. The molecule has 3 nitrogen and oxygen atoms in total. The highest BCUT2D eigenvalue weighted by Crippen LogP contribution is 2.41. The van der Waals surface area contributed by atoms with E-state index in [-0.39, 0.29) is 0 Å². The number of rotatable bonds is 6. The van der Waals surface area contributed by atoms with Crippen LogP contribution in [0.4, 0.5) is 0 Å². The quantitative estimate of drug-likeness (QED) is 0.168. The third kappa shape index (κ3) is 6.06. The smallest absolute Gasteiger partial charge is 0.160 e. The molecule has 0 atom stereocenters. The first-order valence-electron chi connectivity index (χ1n) is 20.1. The molecule has 8 aromatic carbocycles. The van der Waals surface area contributed by atoms with Crippen molar-refractivity contribution >= 4 is 73.9 Å². The van der Waals surface area contributed by atoms with Crippen LogP contribution in [0, 0.1) is 0 Å². The van der Waals surface area contributed by atoms with Crippen LogP contribution in [0.5, 0.6) is 0 Å². The standard InChI is InChI=1S/C55H33N3S2/c1-2-10-35(11-3-1)49-33-50(36-20-18-34(19-21-36)42-26-27-56-48-15-7-4-12-43(42)48)58-55(57-49)41-29-39(37-22-24-53-46(31-37)44-13-5-8-16-51(44)59-53)28-40(30-41)38-23-25-54-47(32-38)45-14-6-9-17-52(45)60-54/h1-33H. The van der Waals surface area contributed by atoms with Gasteiger partial charge in [0.15, 0.2) is 5.82 Å². The molecule has 0 saturated carbocycles. The maximum Gasteiger partial charge on any atom is 0.160 e. The first-order chi connectivity index (χ1) is 29.7. The van der Waals surface area contributed by atoms with Crippen molar-refractivity contribution in [3.05, 3.63) is 200 Å². The summed E-state index contributed by atoms with van der Waals surface area (Å²) >= 11 is 3.69. The molecule has 60 heavy (non-hydrogen) atoms. The Morgan fingerprint density at radius 3 is 1.42 bits per heavy atom. The number of hydrogen-bond acceptors (Lipinski definition) is 5. The molecular weight excluding hydrogens is 767 g/mol. The average Bonchev–Trinajstić information content (AvgIpc) is 3.89. The fourth-order valence-electron chi connectivity index (χ4n) is 8.55. The van der Waals surface area contributed by atoms with Crippen LogP contribution < -0.4 is 0 Å². The van der Waals surface area contributed by atoms with E-state index in [1.54, 1.807) is 0 Å². The highest BCUT2D eigenvalue weighted by Gasteiger charge is 2.16. The van der Waals surface area contributed by atoms with E-state index in [1.165, 1.54) is 40.3 Å². The first-order valence-corrected chi connectivity index (χ1v) is 21.7. The molecule has 12 aromatic rings. The molecule has 0 bridgehead atoms. The maximum atomic E-state index is 5.37. The van der Waals surface area contributed by atoms with Gasteiger partial charge in [0, 0.05) is 68.6 Å². The number of nitrogens with zero attached hydrogens (tertiary/aromatic N) is 3. The van der Waals surface area contributed by atoms with Crippen LogP contribution >= 0.6 is 22.7 Å². The Kier molecular flexibility index (Phi) is 8.22. The lowest BCUT2D eigenvalue weighted by Gasteiger charge is -2.14. The van der Waals surface area contributed by atoms with Gasteiger partial charge in [-0.1, -0.05) is 121 Å². The Morgan fingerprint density at radius 1 is 0.300 bits per heavy atom. The Labute approximate surface area is 354 Å². The van der Waals surface area contributed by atoms with Crippen molar-refractivity contribution in [2.75, 3.05) is 0 Å². The Bertz CT molecular complexity index is 3470. The lowest BCUT2D eigenvalue weighted by Crippen LogP contribution is -1.97. The number of benzene rings is 8. The highest BCUT2D eigenvalue weighted by atomic mass is 32.1. The van der Waals surface area contributed by atoms with E-state index in [1.807, 2.05) is 41.0 Å². The van der Waals surface area contributed by atoms with E-state index in [0.29, 0.717) is 5.82 Å². The fourth-order valence-corrected chi connectivity index (χ4v) is 10.7. The van der Waals surface area contributed by atoms with Crippen molar-refractivity contribution in [2.45, 2.75) is 0 Å². The van der Waals surface area contributed by atoms with Crippen molar-refractivity contribution < 1.29 is 0 Å². The van der Waals surface area contributed by atoms with E-state index < -0.39 is 0 Å². The van der Waals surface area contributed by atoms with Gasteiger partial charge in [-0.05, 0) is 106 Å². The van der Waals surface area contributed by atoms with Crippen LogP contribution in [-0.2, 0) is 0 Å². The number of para-hydroxylation sites is 1. The van der Waals surface area contributed by atoms with Gasteiger partial charge in [0.05, 0.1) is 16.9 Å². The summed E-state index contributed by atoms with van der Waals surface area (Å²) in [7, 11) is 0. The minimum Gasteiger partial charge on any atom is -0.256 e. The molecule has 0 amide bonds. The average molecular weight is 800 g/mol. The normalized spacial score (nSPS) is 11.7.